The molecule has 0 aromatic heterocycles. The number of hydrogen-bond donors (Lipinski definition) is 1. The van der Waals surface area contributed by atoms with Crippen LogP contribution in [0.1, 0.15) is 43.4 Å². The molecule has 1 aliphatic carbocycles. The third kappa shape index (κ3) is 1.83. The largest absolute Gasteiger partial charge is 0.324 e. The fourth-order valence-corrected chi connectivity index (χ4v) is 2.05. The Bertz CT molecular complexity index is 285. The zero-order chi connectivity index (χ0) is 9.97. The summed E-state index contributed by atoms with van der Waals surface area (Å²) in [4.78, 5) is 0. The molecule has 2 N–H and O–H groups in total. The first-order chi connectivity index (χ1) is 6.81. The van der Waals surface area contributed by atoms with E-state index in [4.69, 9.17) is 5.73 Å². The van der Waals surface area contributed by atoms with Gasteiger partial charge in [-0.3, -0.25) is 0 Å². The number of nitrogens with two attached hydrogens (primary N) is 1. The van der Waals surface area contributed by atoms with E-state index in [2.05, 4.69) is 31.2 Å². The van der Waals surface area contributed by atoms with Crippen molar-refractivity contribution < 1.29 is 0 Å². The summed E-state index contributed by atoms with van der Waals surface area (Å²) in [6, 6.07) is 9.07. The van der Waals surface area contributed by atoms with Crippen LogP contribution >= 0.6 is 0 Å². The lowest BCUT2D eigenvalue weighted by Crippen LogP contribution is -2.26. The van der Waals surface area contributed by atoms with Crippen molar-refractivity contribution >= 4 is 0 Å². The normalized spacial score (nSPS) is 19.0. The van der Waals surface area contributed by atoms with Crippen molar-refractivity contribution in [1.82, 2.24) is 0 Å². The molecule has 1 aromatic carbocycles. The fourth-order valence-electron chi connectivity index (χ4n) is 2.05. The van der Waals surface area contributed by atoms with Gasteiger partial charge < -0.3 is 5.73 Å². The van der Waals surface area contributed by atoms with Crippen LogP contribution in [0.25, 0.3) is 0 Å². The summed E-state index contributed by atoms with van der Waals surface area (Å²) in [6.07, 6.45) is 5.11. The maximum absolute atomic E-state index is 6.19. The standard InChI is InChI=1S/C13H19N/c1-2-10-6-8-12(9-7-10)13(14)11-4-3-5-11/h6-9,11,13H,2-5,14H2,1H3/t13-/m0/s1. The van der Waals surface area contributed by atoms with Crippen LogP contribution in [0, 0.1) is 5.92 Å². The summed E-state index contributed by atoms with van der Waals surface area (Å²) >= 11 is 0. The highest BCUT2D eigenvalue weighted by atomic mass is 14.7. The summed E-state index contributed by atoms with van der Waals surface area (Å²) in [6.45, 7) is 2.18. The minimum atomic E-state index is 0.273. The van der Waals surface area contributed by atoms with Gasteiger partial charge in [0.25, 0.3) is 0 Å². The summed E-state index contributed by atoms with van der Waals surface area (Å²) in [5, 5.41) is 0. The summed E-state index contributed by atoms with van der Waals surface area (Å²) in [5.74, 6) is 0.738. The van der Waals surface area contributed by atoms with Gasteiger partial charge in [0.2, 0.25) is 0 Å². The van der Waals surface area contributed by atoms with Gasteiger partial charge in [0, 0.05) is 6.04 Å². The minimum Gasteiger partial charge on any atom is -0.324 e. The molecule has 1 atom stereocenters. The number of hydrogen-bond acceptors (Lipinski definition) is 1. The van der Waals surface area contributed by atoms with Gasteiger partial charge in [-0.25, -0.2) is 0 Å². The average Bonchev–Trinajstić information content (AvgIpc) is 2.15. The van der Waals surface area contributed by atoms with E-state index in [0.29, 0.717) is 0 Å². The Balaban J connectivity index is 2.07. The average molecular weight is 189 g/mol. The Hall–Kier alpha value is -0.820. The van der Waals surface area contributed by atoms with Crippen LogP contribution in [-0.2, 0) is 6.42 Å². The van der Waals surface area contributed by atoms with Crippen LogP contribution in [0.2, 0.25) is 0 Å². The first-order valence-electron chi connectivity index (χ1n) is 5.65. The molecule has 1 heteroatoms. The quantitative estimate of drug-likeness (QED) is 0.777. The molecule has 1 nitrogen and oxygen atoms in total. The van der Waals surface area contributed by atoms with E-state index in [1.807, 2.05) is 0 Å². The molecule has 0 bridgehead atoms. The lowest BCUT2D eigenvalue weighted by molar-refractivity contribution is 0.264. The Kier molecular flexibility index (Phi) is 2.87. The van der Waals surface area contributed by atoms with Crippen molar-refractivity contribution in [3.05, 3.63) is 35.4 Å². The zero-order valence-corrected chi connectivity index (χ0v) is 8.87. The molecule has 0 heterocycles. The second-order valence-electron chi connectivity index (χ2n) is 4.31. The monoisotopic (exact) mass is 189 g/mol. The highest BCUT2D eigenvalue weighted by molar-refractivity contribution is 5.25. The van der Waals surface area contributed by atoms with Gasteiger partial charge in [0.1, 0.15) is 0 Å². The Morgan fingerprint density at radius 3 is 2.36 bits per heavy atom. The summed E-state index contributed by atoms with van der Waals surface area (Å²) < 4.78 is 0. The van der Waals surface area contributed by atoms with Crippen molar-refractivity contribution in [2.75, 3.05) is 0 Å². The number of rotatable bonds is 3. The lowest BCUT2D eigenvalue weighted by atomic mass is 9.77. The van der Waals surface area contributed by atoms with Crippen LogP contribution in [-0.4, -0.2) is 0 Å². The number of benzene rings is 1. The molecule has 1 aliphatic rings. The van der Waals surface area contributed by atoms with Crippen LogP contribution in [0.4, 0.5) is 0 Å². The molecule has 0 unspecified atom stereocenters. The first-order valence-corrected chi connectivity index (χ1v) is 5.65. The topological polar surface area (TPSA) is 26.0 Å². The van der Waals surface area contributed by atoms with Crippen molar-refractivity contribution in [1.29, 1.82) is 0 Å². The second-order valence-corrected chi connectivity index (χ2v) is 4.31. The molecular weight excluding hydrogens is 170 g/mol. The molecule has 1 saturated carbocycles. The van der Waals surface area contributed by atoms with Gasteiger partial charge in [0.15, 0.2) is 0 Å². The molecule has 0 spiro atoms. The van der Waals surface area contributed by atoms with Gasteiger partial charge >= 0.3 is 0 Å². The van der Waals surface area contributed by atoms with E-state index < -0.39 is 0 Å². The third-order valence-corrected chi connectivity index (χ3v) is 3.43. The van der Waals surface area contributed by atoms with Gasteiger partial charge in [-0.05, 0) is 36.3 Å². The molecule has 0 saturated heterocycles. The lowest BCUT2D eigenvalue weighted by Gasteiger charge is -2.31. The molecule has 1 fully saturated rings. The van der Waals surface area contributed by atoms with Crippen molar-refractivity contribution in [2.24, 2.45) is 11.7 Å². The zero-order valence-electron chi connectivity index (χ0n) is 8.87. The minimum absolute atomic E-state index is 0.273. The molecule has 76 valence electrons. The third-order valence-electron chi connectivity index (χ3n) is 3.43. The first kappa shape index (κ1) is 9.72. The summed E-state index contributed by atoms with van der Waals surface area (Å²) in [5.41, 5.74) is 8.90. The van der Waals surface area contributed by atoms with Gasteiger partial charge in [-0.2, -0.15) is 0 Å². The molecule has 0 amide bonds. The van der Waals surface area contributed by atoms with Crippen molar-refractivity contribution in [3.8, 4) is 0 Å². The van der Waals surface area contributed by atoms with Crippen LogP contribution in [0.5, 0.6) is 0 Å². The smallest absolute Gasteiger partial charge is 0.0323 e. The van der Waals surface area contributed by atoms with E-state index in [1.165, 1.54) is 30.4 Å². The van der Waals surface area contributed by atoms with E-state index in [1.54, 1.807) is 0 Å². The van der Waals surface area contributed by atoms with Gasteiger partial charge in [-0.1, -0.05) is 37.6 Å². The maximum atomic E-state index is 6.19. The molecule has 2 rings (SSSR count). The van der Waals surface area contributed by atoms with Crippen LogP contribution in [0.3, 0.4) is 0 Å². The van der Waals surface area contributed by atoms with E-state index in [9.17, 15) is 0 Å². The van der Waals surface area contributed by atoms with E-state index in [0.717, 1.165) is 12.3 Å². The van der Waals surface area contributed by atoms with Gasteiger partial charge in [0.05, 0.1) is 0 Å². The highest BCUT2D eigenvalue weighted by Crippen LogP contribution is 2.36. The summed E-state index contributed by atoms with van der Waals surface area (Å²) in [7, 11) is 0. The van der Waals surface area contributed by atoms with E-state index in [-0.39, 0.29) is 6.04 Å². The van der Waals surface area contributed by atoms with E-state index >= 15 is 0 Å². The molecule has 1 aromatic rings. The van der Waals surface area contributed by atoms with Gasteiger partial charge in [-0.15, -0.1) is 0 Å². The Morgan fingerprint density at radius 2 is 1.93 bits per heavy atom. The second kappa shape index (κ2) is 4.14. The Morgan fingerprint density at radius 1 is 1.29 bits per heavy atom. The molecule has 0 radical (unpaired) electrons. The Labute approximate surface area is 86.3 Å². The maximum Gasteiger partial charge on any atom is 0.0323 e. The molecule has 0 aliphatic heterocycles. The predicted octanol–water partition coefficient (Wildman–Crippen LogP) is 3.05. The highest BCUT2D eigenvalue weighted by Gasteiger charge is 2.25. The van der Waals surface area contributed by atoms with Crippen LogP contribution < -0.4 is 5.73 Å². The molecular formula is C13H19N. The number of aryl methyl sites for hydroxylation is 1. The van der Waals surface area contributed by atoms with Crippen molar-refractivity contribution in [2.45, 2.75) is 38.6 Å². The predicted molar refractivity (Wildman–Crippen MR) is 60.1 cm³/mol. The fraction of sp³-hybridized carbons (Fsp3) is 0.538. The van der Waals surface area contributed by atoms with Crippen LogP contribution in [0.15, 0.2) is 24.3 Å². The SMILES string of the molecule is CCc1ccc([C@@H](N)C2CCC2)cc1. The van der Waals surface area contributed by atoms with Crippen molar-refractivity contribution in [3.63, 3.8) is 0 Å². The molecule has 14 heavy (non-hydrogen) atoms.